The standard InChI is InChI=1S/C23H21Cl3N4O2/c1-14(2)9-10-29-22(31)20-21(30(23(29)32)19-6-4-3-5-17(19)25)27-13-28(20)12-15-7-8-16(24)18(26)11-15/h3-8,11,13-14H,9-10,12H2,1-2H3. The van der Waals surface area contributed by atoms with Crippen LogP contribution in [0.2, 0.25) is 15.1 Å². The highest BCUT2D eigenvalue weighted by atomic mass is 35.5. The minimum Gasteiger partial charge on any atom is -0.320 e. The molecular weight excluding hydrogens is 471 g/mol. The first-order valence-electron chi connectivity index (χ1n) is 10.2. The Labute approximate surface area is 199 Å². The van der Waals surface area contributed by atoms with Gasteiger partial charge in [-0.1, -0.05) is 66.8 Å². The normalized spacial score (nSPS) is 11.6. The highest BCUT2D eigenvalue weighted by Crippen LogP contribution is 2.24. The molecule has 0 spiro atoms. The third-order valence-electron chi connectivity index (χ3n) is 5.26. The van der Waals surface area contributed by atoms with Gasteiger partial charge < -0.3 is 4.57 Å². The number of hydrogen-bond donors (Lipinski definition) is 0. The summed E-state index contributed by atoms with van der Waals surface area (Å²) < 4.78 is 4.39. The highest BCUT2D eigenvalue weighted by Gasteiger charge is 2.20. The van der Waals surface area contributed by atoms with Crippen LogP contribution in [0.3, 0.4) is 0 Å². The lowest BCUT2D eigenvalue weighted by atomic mass is 10.1. The quantitative estimate of drug-likeness (QED) is 0.363. The fraction of sp³-hybridized carbons (Fsp3) is 0.261. The van der Waals surface area contributed by atoms with Crippen LogP contribution in [0, 0.1) is 5.92 Å². The van der Waals surface area contributed by atoms with Crippen molar-refractivity contribution < 1.29 is 0 Å². The van der Waals surface area contributed by atoms with Crippen LogP contribution in [0.4, 0.5) is 0 Å². The van der Waals surface area contributed by atoms with Crippen molar-refractivity contribution in [3.63, 3.8) is 0 Å². The summed E-state index contributed by atoms with van der Waals surface area (Å²) in [6.45, 7) is 4.73. The SMILES string of the molecule is CC(C)CCn1c(=O)c2c(ncn2Cc2ccc(Cl)c(Cl)c2)n(-c2ccccc2Cl)c1=O. The molecule has 2 heterocycles. The highest BCUT2D eigenvalue weighted by molar-refractivity contribution is 6.42. The van der Waals surface area contributed by atoms with Gasteiger partial charge in [-0.2, -0.15) is 0 Å². The molecule has 0 N–H and O–H groups in total. The number of halogens is 3. The summed E-state index contributed by atoms with van der Waals surface area (Å²) in [7, 11) is 0. The molecule has 0 bridgehead atoms. The van der Waals surface area contributed by atoms with Crippen molar-refractivity contribution in [1.29, 1.82) is 0 Å². The van der Waals surface area contributed by atoms with Crippen LogP contribution in [0.5, 0.6) is 0 Å². The van der Waals surface area contributed by atoms with Gasteiger partial charge in [-0.3, -0.25) is 9.36 Å². The minimum atomic E-state index is -0.462. The lowest BCUT2D eigenvalue weighted by molar-refractivity contribution is 0.491. The van der Waals surface area contributed by atoms with E-state index in [2.05, 4.69) is 4.98 Å². The summed E-state index contributed by atoms with van der Waals surface area (Å²) in [5, 5.41) is 1.27. The van der Waals surface area contributed by atoms with Gasteiger partial charge in [0.05, 0.1) is 27.1 Å². The maximum Gasteiger partial charge on any atom is 0.337 e. The molecule has 4 aromatic rings. The zero-order chi connectivity index (χ0) is 23.0. The van der Waals surface area contributed by atoms with E-state index in [0.29, 0.717) is 51.7 Å². The second-order valence-electron chi connectivity index (χ2n) is 8.00. The monoisotopic (exact) mass is 490 g/mol. The van der Waals surface area contributed by atoms with Gasteiger partial charge in [0.1, 0.15) is 0 Å². The van der Waals surface area contributed by atoms with Crippen molar-refractivity contribution in [2.45, 2.75) is 33.4 Å². The molecule has 0 saturated heterocycles. The van der Waals surface area contributed by atoms with Gasteiger partial charge in [0.2, 0.25) is 0 Å². The molecule has 9 heteroatoms. The van der Waals surface area contributed by atoms with Gasteiger partial charge in [-0.25, -0.2) is 14.3 Å². The lowest BCUT2D eigenvalue weighted by Gasteiger charge is -2.14. The van der Waals surface area contributed by atoms with Gasteiger partial charge in [0, 0.05) is 13.1 Å². The molecule has 0 amide bonds. The summed E-state index contributed by atoms with van der Waals surface area (Å²) in [5.41, 5.74) is 1.06. The zero-order valence-electron chi connectivity index (χ0n) is 17.6. The van der Waals surface area contributed by atoms with Gasteiger partial charge >= 0.3 is 5.69 Å². The summed E-state index contributed by atoms with van der Waals surface area (Å²) >= 11 is 18.6. The van der Waals surface area contributed by atoms with Crippen molar-refractivity contribution in [3.05, 3.63) is 90.3 Å². The number of rotatable bonds is 6. The molecule has 32 heavy (non-hydrogen) atoms. The topological polar surface area (TPSA) is 61.8 Å². The molecule has 2 aromatic heterocycles. The largest absolute Gasteiger partial charge is 0.337 e. The van der Waals surface area contributed by atoms with Crippen molar-refractivity contribution in [3.8, 4) is 5.69 Å². The van der Waals surface area contributed by atoms with Crippen LogP contribution >= 0.6 is 34.8 Å². The number of hydrogen-bond acceptors (Lipinski definition) is 3. The average Bonchev–Trinajstić information content (AvgIpc) is 3.15. The van der Waals surface area contributed by atoms with E-state index in [1.54, 1.807) is 47.3 Å². The Morgan fingerprint density at radius 1 is 0.969 bits per heavy atom. The molecule has 4 rings (SSSR count). The third-order valence-corrected chi connectivity index (χ3v) is 6.32. The fourth-order valence-corrected chi connectivity index (χ4v) is 4.11. The Hall–Kier alpha value is -2.54. The van der Waals surface area contributed by atoms with E-state index >= 15 is 0 Å². The Balaban J connectivity index is 1.97. The molecular formula is C23H21Cl3N4O2. The van der Waals surface area contributed by atoms with Crippen LogP contribution in [0.25, 0.3) is 16.9 Å². The first-order chi connectivity index (χ1) is 15.3. The number of fused-ring (bicyclic) bond motifs is 1. The summed E-state index contributed by atoms with van der Waals surface area (Å²) in [4.78, 5) is 31.3. The molecule has 0 aliphatic rings. The molecule has 0 radical (unpaired) electrons. The number of imidazole rings is 1. The van der Waals surface area contributed by atoms with Gasteiger partial charge in [-0.15, -0.1) is 0 Å². The van der Waals surface area contributed by atoms with Gasteiger partial charge in [0.25, 0.3) is 5.56 Å². The van der Waals surface area contributed by atoms with E-state index < -0.39 is 5.69 Å². The Bertz CT molecular complexity index is 1420. The van der Waals surface area contributed by atoms with Crippen molar-refractivity contribution >= 4 is 46.0 Å². The molecule has 2 aromatic carbocycles. The van der Waals surface area contributed by atoms with Crippen LogP contribution in [0.15, 0.2) is 58.4 Å². The summed E-state index contributed by atoms with van der Waals surface area (Å²) in [6, 6.07) is 12.3. The van der Waals surface area contributed by atoms with E-state index in [9.17, 15) is 9.59 Å². The molecule has 0 atom stereocenters. The number of nitrogens with zero attached hydrogens (tertiary/aromatic N) is 4. The van der Waals surface area contributed by atoms with E-state index in [1.807, 2.05) is 19.9 Å². The molecule has 0 aliphatic carbocycles. The first kappa shape index (κ1) is 22.6. The summed E-state index contributed by atoms with van der Waals surface area (Å²) in [5.74, 6) is 0.326. The van der Waals surface area contributed by atoms with Crippen LogP contribution in [-0.2, 0) is 13.1 Å². The molecule has 6 nitrogen and oxygen atoms in total. The molecule has 0 fully saturated rings. The summed E-state index contributed by atoms with van der Waals surface area (Å²) in [6.07, 6.45) is 2.23. The molecule has 0 unspecified atom stereocenters. The first-order valence-corrected chi connectivity index (χ1v) is 11.3. The van der Waals surface area contributed by atoms with E-state index in [-0.39, 0.29) is 11.2 Å². The predicted octanol–water partition coefficient (Wildman–Crippen LogP) is 5.40. The van der Waals surface area contributed by atoms with Crippen molar-refractivity contribution in [2.24, 2.45) is 5.92 Å². The molecule has 166 valence electrons. The minimum absolute atomic E-state index is 0.258. The van der Waals surface area contributed by atoms with Crippen LogP contribution < -0.4 is 11.2 Å². The van der Waals surface area contributed by atoms with Crippen LogP contribution in [-0.4, -0.2) is 18.7 Å². The number of benzene rings is 2. The van der Waals surface area contributed by atoms with Gasteiger partial charge in [-0.05, 0) is 42.2 Å². The number of para-hydroxylation sites is 1. The van der Waals surface area contributed by atoms with E-state index in [1.165, 1.54) is 9.13 Å². The maximum atomic E-state index is 13.4. The van der Waals surface area contributed by atoms with Crippen molar-refractivity contribution in [1.82, 2.24) is 18.7 Å². The third kappa shape index (κ3) is 4.22. The molecule has 0 aliphatic heterocycles. The fourth-order valence-electron chi connectivity index (χ4n) is 3.57. The second kappa shape index (κ2) is 9.14. The molecule has 0 saturated carbocycles. The van der Waals surface area contributed by atoms with Gasteiger partial charge in [0.15, 0.2) is 11.2 Å². The Morgan fingerprint density at radius 2 is 1.72 bits per heavy atom. The van der Waals surface area contributed by atoms with Crippen LogP contribution in [0.1, 0.15) is 25.8 Å². The van der Waals surface area contributed by atoms with E-state index in [4.69, 9.17) is 34.8 Å². The van der Waals surface area contributed by atoms with Crippen molar-refractivity contribution in [2.75, 3.05) is 0 Å². The predicted molar refractivity (Wildman–Crippen MR) is 130 cm³/mol. The average molecular weight is 492 g/mol. The smallest absolute Gasteiger partial charge is 0.320 e. The Kier molecular flexibility index (Phi) is 6.47. The Morgan fingerprint density at radius 3 is 2.41 bits per heavy atom. The zero-order valence-corrected chi connectivity index (χ0v) is 19.8. The van der Waals surface area contributed by atoms with E-state index in [0.717, 1.165) is 5.56 Å². The number of aromatic nitrogens is 4. The second-order valence-corrected chi connectivity index (χ2v) is 9.22. The maximum absolute atomic E-state index is 13.4. The lowest BCUT2D eigenvalue weighted by Crippen LogP contribution is -2.40.